The van der Waals surface area contributed by atoms with Crippen LogP contribution in [0.3, 0.4) is 0 Å². The number of nitrogens with one attached hydrogen (secondary N) is 1. The summed E-state index contributed by atoms with van der Waals surface area (Å²) >= 11 is 2.89. The van der Waals surface area contributed by atoms with Gasteiger partial charge in [0.1, 0.15) is 10.7 Å². The van der Waals surface area contributed by atoms with E-state index in [1.165, 1.54) is 17.0 Å². The molecule has 1 saturated heterocycles. The molecule has 3 N–H and O–H groups in total. The predicted molar refractivity (Wildman–Crippen MR) is 128 cm³/mol. The number of nitrogens with two attached hydrogens (primary N) is 1. The van der Waals surface area contributed by atoms with Gasteiger partial charge in [-0.3, -0.25) is 4.79 Å². The van der Waals surface area contributed by atoms with Gasteiger partial charge in [-0.1, -0.05) is 23.5 Å². The lowest BCUT2D eigenvalue weighted by atomic mass is 10.1. The first kappa shape index (κ1) is 20.7. The normalized spacial score (nSPS) is 14.7. The molecular weight excluding hydrogens is 414 g/mol. The van der Waals surface area contributed by atoms with E-state index in [-0.39, 0.29) is 11.6 Å². The number of benzene rings is 2. The zero-order valence-electron chi connectivity index (χ0n) is 17.1. The minimum absolute atomic E-state index is 0.0978. The Morgan fingerprint density at radius 2 is 1.87 bits per heavy atom. The summed E-state index contributed by atoms with van der Waals surface area (Å²) in [6.45, 7) is 4.23. The number of rotatable bonds is 6. The average molecular weight is 440 g/mol. The molecule has 2 heterocycles. The van der Waals surface area contributed by atoms with Crippen molar-refractivity contribution in [2.24, 2.45) is 0 Å². The van der Waals surface area contributed by atoms with E-state index in [1.54, 1.807) is 11.8 Å². The molecule has 6 nitrogen and oxygen atoms in total. The third-order valence-electron chi connectivity index (χ3n) is 5.18. The van der Waals surface area contributed by atoms with E-state index >= 15 is 0 Å². The fourth-order valence-electron chi connectivity index (χ4n) is 3.39. The molecule has 4 rings (SSSR count). The summed E-state index contributed by atoms with van der Waals surface area (Å²) in [5.74, 6) is 0.162. The van der Waals surface area contributed by atoms with Gasteiger partial charge in [0.15, 0.2) is 5.13 Å². The number of hydrogen-bond donors (Lipinski definition) is 2. The monoisotopic (exact) mass is 439 g/mol. The van der Waals surface area contributed by atoms with Crippen molar-refractivity contribution in [3.05, 3.63) is 59.0 Å². The maximum atomic E-state index is 12.9. The fraction of sp³-hybridized carbons (Fsp3) is 0.273. The zero-order chi connectivity index (χ0) is 21.1. The number of nitrogens with zero attached hydrogens (tertiary/aromatic N) is 3. The second kappa shape index (κ2) is 9.07. The Morgan fingerprint density at radius 3 is 2.57 bits per heavy atom. The van der Waals surface area contributed by atoms with Crippen molar-refractivity contribution < 1.29 is 4.79 Å². The topological polar surface area (TPSA) is 74.5 Å². The number of anilines is 4. The lowest BCUT2D eigenvalue weighted by molar-refractivity contribution is 0.104. The Balaban J connectivity index is 1.46. The van der Waals surface area contributed by atoms with Crippen molar-refractivity contribution in [3.8, 4) is 0 Å². The molecular formula is C22H25N5OS2. The van der Waals surface area contributed by atoms with Gasteiger partial charge in [0.25, 0.3) is 0 Å². The molecule has 0 amide bonds. The van der Waals surface area contributed by atoms with Crippen LogP contribution >= 0.6 is 23.1 Å². The van der Waals surface area contributed by atoms with Crippen molar-refractivity contribution in [2.45, 2.75) is 4.90 Å². The van der Waals surface area contributed by atoms with Crippen LogP contribution in [0.2, 0.25) is 0 Å². The van der Waals surface area contributed by atoms with E-state index in [2.05, 4.69) is 39.3 Å². The number of likely N-dealkylation sites (N-methyl/N-ethyl adjacent to an activating group) is 1. The summed E-state index contributed by atoms with van der Waals surface area (Å²) in [5, 5.41) is 3.89. The molecule has 2 aromatic carbocycles. The maximum absolute atomic E-state index is 12.9. The van der Waals surface area contributed by atoms with Gasteiger partial charge in [0, 0.05) is 48.0 Å². The number of thiazole rings is 1. The molecule has 1 aromatic heterocycles. The van der Waals surface area contributed by atoms with Gasteiger partial charge >= 0.3 is 0 Å². The number of piperazine rings is 1. The Hall–Kier alpha value is -2.55. The number of nitrogen functional groups attached to an aromatic ring is 1. The highest BCUT2D eigenvalue weighted by Gasteiger charge is 2.19. The second-order valence-corrected chi connectivity index (χ2v) is 9.14. The van der Waals surface area contributed by atoms with E-state index in [0.717, 1.165) is 36.8 Å². The van der Waals surface area contributed by atoms with Crippen LogP contribution in [0.15, 0.2) is 53.4 Å². The van der Waals surface area contributed by atoms with Crippen molar-refractivity contribution in [3.63, 3.8) is 0 Å². The Kier molecular flexibility index (Phi) is 6.26. The summed E-state index contributed by atoms with van der Waals surface area (Å²) < 4.78 is 0. The van der Waals surface area contributed by atoms with Gasteiger partial charge in [-0.05, 0) is 49.7 Å². The molecule has 156 valence electrons. The molecule has 0 saturated carbocycles. The van der Waals surface area contributed by atoms with Crippen LogP contribution in [0.4, 0.5) is 22.3 Å². The minimum Gasteiger partial charge on any atom is -0.382 e. The number of ketones is 1. The van der Waals surface area contributed by atoms with Crippen LogP contribution in [0, 0.1) is 0 Å². The standard InChI is InChI=1S/C22H25N5OS2/c1-26-10-12-27(13-11-26)17-8-6-16(7-9-17)24-22-25-21(23)20(30-22)19(28)15-4-3-5-18(14-15)29-2/h3-9,14H,10-13,23H2,1-2H3,(H,24,25). The highest BCUT2D eigenvalue weighted by molar-refractivity contribution is 7.98. The average Bonchev–Trinajstić information content (AvgIpc) is 3.14. The van der Waals surface area contributed by atoms with Crippen molar-refractivity contribution >= 4 is 51.2 Å². The van der Waals surface area contributed by atoms with Crippen LogP contribution < -0.4 is 16.0 Å². The van der Waals surface area contributed by atoms with Crippen LogP contribution in [0.5, 0.6) is 0 Å². The molecule has 0 unspecified atom stereocenters. The molecule has 1 aliphatic rings. The van der Waals surface area contributed by atoms with Crippen LogP contribution in [0.25, 0.3) is 0 Å². The molecule has 1 fully saturated rings. The first-order chi connectivity index (χ1) is 14.5. The van der Waals surface area contributed by atoms with E-state index in [9.17, 15) is 4.79 Å². The third-order valence-corrected chi connectivity index (χ3v) is 6.89. The van der Waals surface area contributed by atoms with E-state index in [0.29, 0.717) is 15.6 Å². The largest absolute Gasteiger partial charge is 0.382 e. The van der Waals surface area contributed by atoms with Gasteiger partial charge in [-0.2, -0.15) is 0 Å². The predicted octanol–water partition coefficient (Wildman–Crippen LogP) is 4.17. The number of hydrogen-bond acceptors (Lipinski definition) is 8. The van der Waals surface area contributed by atoms with Crippen LogP contribution in [0.1, 0.15) is 15.2 Å². The molecule has 0 spiro atoms. The van der Waals surface area contributed by atoms with E-state index < -0.39 is 0 Å². The minimum atomic E-state index is -0.0978. The highest BCUT2D eigenvalue weighted by atomic mass is 32.2. The van der Waals surface area contributed by atoms with Crippen molar-refractivity contribution in [1.82, 2.24) is 9.88 Å². The molecule has 3 aromatic rings. The summed E-state index contributed by atoms with van der Waals surface area (Å²) in [4.78, 5) is 23.5. The molecule has 0 bridgehead atoms. The smallest absolute Gasteiger partial charge is 0.206 e. The summed E-state index contributed by atoms with van der Waals surface area (Å²) in [5.41, 5.74) is 8.83. The Morgan fingerprint density at radius 1 is 1.13 bits per heavy atom. The summed E-state index contributed by atoms with van der Waals surface area (Å²) in [6.07, 6.45) is 1.99. The lowest BCUT2D eigenvalue weighted by Crippen LogP contribution is -2.44. The zero-order valence-corrected chi connectivity index (χ0v) is 18.7. The van der Waals surface area contributed by atoms with Crippen LogP contribution in [-0.2, 0) is 0 Å². The van der Waals surface area contributed by atoms with Crippen LogP contribution in [-0.4, -0.2) is 55.1 Å². The second-order valence-electron chi connectivity index (χ2n) is 7.26. The highest BCUT2D eigenvalue weighted by Crippen LogP contribution is 2.31. The van der Waals surface area contributed by atoms with Gasteiger partial charge in [-0.25, -0.2) is 4.98 Å². The fourth-order valence-corrected chi connectivity index (χ4v) is 4.71. The summed E-state index contributed by atoms with van der Waals surface area (Å²) in [6, 6.07) is 15.9. The molecule has 8 heteroatoms. The number of carbonyl (C=O) groups excluding carboxylic acids is 1. The van der Waals surface area contributed by atoms with Gasteiger partial charge < -0.3 is 20.9 Å². The van der Waals surface area contributed by atoms with Crippen molar-refractivity contribution in [2.75, 3.05) is 55.4 Å². The lowest BCUT2D eigenvalue weighted by Gasteiger charge is -2.34. The van der Waals surface area contributed by atoms with Gasteiger partial charge in [0.2, 0.25) is 5.78 Å². The molecule has 0 atom stereocenters. The number of carbonyl (C=O) groups is 1. The molecule has 30 heavy (non-hydrogen) atoms. The first-order valence-electron chi connectivity index (χ1n) is 9.79. The van der Waals surface area contributed by atoms with Crippen molar-refractivity contribution in [1.29, 1.82) is 0 Å². The summed E-state index contributed by atoms with van der Waals surface area (Å²) in [7, 11) is 2.16. The van der Waals surface area contributed by atoms with Gasteiger partial charge in [-0.15, -0.1) is 11.8 Å². The maximum Gasteiger partial charge on any atom is 0.206 e. The van der Waals surface area contributed by atoms with E-state index in [4.69, 9.17) is 5.73 Å². The first-order valence-corrected chi connectivity index (χ1v) is 11.8. The van der Waals surface area contributed by atoms with Gasteiger partial charge in [0.05, 0.1) is 0 Å². The number of aromatic nitrogens is 1. The molecule has 0 radical (unpaired) electrons. The third kappa shape index (κ3) is 4.61. The molecule has 1 aliphatic heterocycles. The van der Waals surface area contributed by atoms with E-state index in [1.807, 2.05) is 42.7 Å². The Labute approximate surface area is 185 Å². The molecule has 0 aliphatic carbocycles. The quantitative estimate of drug-likeness (QED) is 0.441. The number of thioether (sulfide) groups is 1. The SMILES string of the molecule is CSc1cccc(C(=O)c2sc(Nc3ccc(N4CCN(C)CC4)cc3)nc2N)c1. The Bertz CT molecular complexity index is 1030.